The number of methoxy groups -OCH3 is 1. The number of ether oxygens (including phenoxy) is 4. The number of hydrogen-bond donors (Lipinski definition) is 0. The average Bonchev–Trinajstić information content (AvgIpc) is 2.78. The normalized spacial score (nSPS) is 15.5. The maximum absolute atomic E-state index is 5.75. The standard InChI is InChI=1S/C25H32O4/c1-3-27-18-20-29-24-13-9-22(10-14-24)25(15-5-4-6-16-25)21-7-11-23(12-8-21)28-19-17-26-2/h3,7-14H,1,4-6,15-20H2,2H3. The van der Waals surface area contributed by atoms with E-state index in [1.54, 1.807) is 7.11 Å². The molecule has 0 radical (unpaired) electrons. The molecule has 2 aromatic carbocycles. The van der Waals surface area contributed by atoms with Gasteiger partial charge in [-0.05, 0) is 48.2 Å². The van der Waals surface area contributed by atoms with Crippen molar-refractivity contribution in [2.45, 2.75) is 37.5 Å². The first kappa shape index (κ1) is 21.3. The van der Waals surface area contributed by atoms with Crippen molar-refractivity contribution in [2.24, 2.45) is 0 Å². The van der Waals surface area contributed by atoms with E-state index in [-0.39, 0.29) is 5.41 Å². The highest BCUT2D eigenvalue weighted by Crippen LogP contribution is 2.45. The summed E-state index contributed by atoms with van der Waals surface area (Å²) in [6.07, 6.45) is 7.60. The number of hydrogen-bond acceptors (Lipinski definition) is 4. The highest BCUT2D eigenvalue weighted by Gasteiger charge is 2.35. The summed E-state index contributed by atoms with van der Waals surface area (Å²) < 4.78 is 21.7. The van der Waals surface area contributed by atoms with Gasteiger partial charge in [-0.2, -0.15) is 0 Å². The molecule has 0 atom stereocenters. The van der Waals surface area contributed by atoms with Crippen LogP contribution in [0.2, 0.25) is 0 Å². The molecule has 29 heavy (non-hydrogen) atoms. The molecule has 2 aromatic rings. The summed E-state index contributed by atoms with van der Waals surface area (Å²) >= 11 is 0. The van der Waals surface area contributed by atoms with Crippen molar-refractivity contribution in [2.75, 3.05) is 33.5 Å². The van der Waals surface area contributed by atoms with E-state index < -0.39 is 0 Å². The third kappa shape index (κ3) is 5.54. The Morgan fingerprint density at radius 3 is 1.76 bits per heavy atom. The van der Waals surface area contributed by atoms with Gasteiger partial charge in [-0.3, -0.25) is 0 Å². The number of benzene rings is 2. The van der Waals surface area contributed by atoms with E-state index in [1.165, 1.54) is 49.5 Å². The van der Waals surface area contributed by atoms with E-state index in [4.69, 9.17) is 18.9 Å². The Labute approximate surface area is 174 Å². The Morgan fingerprint density at radius 2 is 1.28 bits per heavy atom. The second kappa shape index (κ2) is 10.9. The lowest BCUT2D eigenvalue weighted by Gasteiger charge is -2.38. The van der Waals surface area contributed by atoms with Gasteiger partial charge in [0.1, 0.15) is 31.3 Å². The Kier molecular flexibility index (Phi) is 8.00. The molecule has 0 amide bonds. The molecule has 1 aliphatic carbocycles. The minimum absolute atomic E-state index is 0.0633. The lowest BCUT2D eigenvalue weighted by Crippen LogP contribution is -2.30. The Balaban J connectivity index is 1.75. The van der Waals surface area contributed by atoms with Crippen LogP contribution in [-0.4, -0.2) is 33.5 Å². The summed E-state index contributed by atoms with van der Waals surface area (Å²) in [7, 11) is 1.69. The molecular formula is C25H32O4. The van der Waals surface area contributed by atoms with Crippen LogP contribution in [0.5, 0.6) is 11.5 Å². The van der Waals surface area contributed by atoms with Gasteiger partial charge in [-0.1, -0.05) is 50.1 Å². The molecule has 0 unspecified atom stereocenters. The highest BCUT2D eigenvalue weighted by atomic mass is 16.5. The first-order valence-electron chi connectivity index (χ1n) is 10.5. The van der Waals surface area contributed by atoms with Crippen molar-refractivity contribution >= 4 is 0 Å². The molecule has 0 bridgehead atoms. The fourth-order valence-electron chi connectivity index (χ4n) is 4.17. The predicted molar refractivity (Wildman–Crippen MR) is 116 cm³/mol. The topological polar surface area (TPSA) is 36.9 Å². The molecule has 1 fully saturated rings. The van der Waals surface area contributed by atoms with Crippen molar-refractivity contribution in [3.8, 4) is 11.5 Å². The first-order valence-corrected chi connectivity index (χ1v) is 10.5. The molecule has 0 aliphatic heterocycles. The molecular weight excluding hydrogens is 364 g/mol. The van der Waals surface area contributed by atoms with E-state index in [0.717, 1.165) is 11.5 Å². The van der Waals surface area contributed by atoms with Crippen LogP contribution < -0.4 is 9.47 Å². The SMILES string of the molecule is C=COCCOc1ccc(C2(c3ccc(OCCOC)cc3)CCCCC2)cc1. The Hall–Kier alpha value is -2.46. The van der Waals surface area contributed by atoms with Crippen molar-refractivity contribution in [1.82, 2.24) is 0 Å². The molecule has 0 N–H and O–H groups in total. The van der Waals surface area contributed by atoms with Gasteiger partial charge in [0.05, 0.1) is 12.9 Å². The van der Waals surface area contributed by atoms with Crippen LogP contribution in [0, 0.1) is 0 Å². The molecule has 156 valence electrons. The van der Waals surface area contributed by atoms with Gasteiger partial charge in [-0.25, -0.2) is 0 Å². The van der Waals surface area contributed by atoms with Gasteiger partial charge >= 0.3 is 0 Å². The molecule has 4 nitrogen and oxygen atoms in total. The maximum atomic E-state index is 5.75. The first-order chi connectivity index (χ1) is 14.3. The summed E-state index contributed by atoms with van der Waals surface area (Å²) in [4.78, 5) is 0. The molecule has 0 saturated heterocycles. The monoisotopic (exact) mass is 396 g/mol. The quantitative estimate of drug-likeness (QED) is 0.371. The van der Waals surface area contributed by atoms with Crippen LogP contribution in [-0.2, 0) is 14.9 Å². The van der Waals surface area contributed by atoms with Gasteiger partial charge in [0, 0.05) is 12.5 Å². The van der Waals surface area contributed by atoms with E-state index in [0.29, 0.717) is 26.4 Å². The predicted octanol–water partition coefficient (Wildman–Crippen LogP) is 5.50. The largest absolute Gasteiger partial charge is 0.498 e. The second-order valence-electron chi connectivity index (χ2n) is 7.42. The van der Waals surface area contributed by atoms with Crippen LogP contribution in [0.15, 0.2) is 61.4 Å². The Morgan fingerprint density at radius 1 is 0.759 bits per heavy atom. The minimum atomic E-state index is 0.0633. The lowest BCUT2D eigenvalue weighted by molar-refractivity contribution is 0.146. The van der Waals surface area contributed by atoms with Gasteiger partial charge < -0.3 is 18.9 Å². The molecule has 0 heterocycles. The number of rotatable bonds is 11. The van der Waals surface area contributed by atoms with Crippen molar-refractivity contribution < 1.29 is 18.9 Å². The van der Waals surface area contributed by atoms with Crippen LogP contribution >= 0.6 is 0 Å². The average molecular weight is 397 g/mol. The molecule has 3 rings (SSSR count). The molecule has 0 aromatic heterocycles. The zero-order valence-corrected chi connectivity index (χ0v) is 17.4. The van der Waals surface area contributed by atoms with Crippen LogP contribution in [0.3, 0.4) is 0 Å². The summed E-state index contributed by atoms with van der Waals surface area (Å²) in [6.45, 7) is 5.73. The molecule has 4 heteroatoms. The zero-order valence-electron chi connectivity index (χ0n) is 17.4. The fourth-order valence-corrected chi connectivity index (χ4v) is 4.17. The van der Waals surface area contributed by atoms with E-state index in [2.05, 4.69) is 55.1 Å². The molecule has 0 spiro atoms. The van der Waals surface area contributed by atoms with Crippen LogP contribution in [0.1, 0.15) is 43.2 Å². The van der Waals surface area contributed by atoms with Crippen molar-refractivity contribution in [3.05, 3.63) is 72.5 Å². The molecule has 1 aliphatic rings. The maximum Gasteiger partial charge on any atom is 0.122 e. The van der Waals surface area contributed by atoms with Gasteiger partial charge in [0.25, 0.3) is 0 Å². The van der Waals surface area contributed by atoms with Crippen molar-refractivity contribution in [3.63, 3.8) is 0 Å². The van der Waals surface area contributed by atoms with Gasteiger partial charge in [-0.15, -0.1) is 0 Å². The van der Waals surface area contributed by atoms with Gasteiger partial charge in [0.2, 0.25) is 0 Å². The highest BCUT2D eigenvalue weighted by molar-refractivity contribution is 5.43. The van der Waals surface area contributed by atoms with Crippen LogP contribution in [0.25, 0.3) is 0 Å². The summed E-state index contributed by atoms with van der Waals surface area (Å²) in [5.74, 6) is 1.76. The summed E-state index contributed by atoms with van der Waals surface area (Å²) in [5.41, 5.74) is 2.79. The molecule has 1 saturated carbocycles. The van der Waals surface area contributed by atoms with Crippen molar-refractivity contribution in [1.29, 1.82) is 0 Å². The second-order valence-corrected chi connectivity index (χ2v) is 7.42. The third-order valence-electron chi connectivity index (χ3n) is 5.66. The van der Waals surface area contributed by atoms with E-state index in [9.17, 15) is 0 Å². The fraction of sp³-hybridized carbons (Fsp3) is 0.440. The van der Waals surface area contributed by atoms with Gasteiger partial charge in [0.15, 0.2) is 0 Å². The zero-order chi connectivity index (χ0) is 20.4. The third-order valence-corrected chi connectivity index (χ3v) is 5.66. The van der Waals surface area contributed by atoms with E-state index in [1.807, 2.05) is 0 Å². The van der Waals surface area contributed by atoms with E-state index >= 15 is 0 Å². The summed E-state index contributed by atoms with van der Waals surface area (Å²) in [5, 5.41) is 0. The Bertz CT molecular complexity index is 730. The smallest absolute Gasteiger partial charge is 0.122 e. The summed E-state index contributed by atoms with van der Waals surface area (Å²) in [6, 6.07) is 17.2. The van der Waals surface area contributed by atoms with Crippen LogP contribution in [0.4, 0.5) is 0 Å². The lowest BCUT2D eigenvalue weighted by atomic mass is 9.65. The minimum Gasteiger partial charge on any atom is -0.498 e.